The highest BCUT2D eigenvalue weighted by Crippen LogP contribution is 2.21. The summed E-state index contributed by atoms with van der Waals surface area (Å²) in [4.78, 5) is 20.4. The van der Waals surface area contributed by atoms with E-state index in [1.165, 1.54) is 0 Å². The van der Waals surface area contributed by atoms with Crippen molar-refractivity contribution in [2.75, 3.05) is 5.32 Å². The number of nitrogens with one attached hydrogen (secondary N) is 2. The fourth-order valence-electron chi connectivity index (χ4n) is 1.74. The second kappa shape index (κ2) is 7.22. The number of nitrogens with zero attached hydrogens (tertiary/aromatic N) is 2. The third-order valence-electron chi connectivity index (χ3n) is 3.31. The van der Waals surface area contributed by atoms with Crippen LogP contribution in [-0.2, 0) is 0 Å². The van der Waals surface area contributed by atoms with Gasteiger partial charge in [-0.15, -0.1) is 0 Å². The van der Waals surface area contributed by atoms with E-state index in [9.17, 15) is 4.79 Å². The molecule has 0 radical (unpaired) electrons. The minimum Gasteiger partial charge on any atom is -0.348 e. The molecule has 1 atom stereocenters. The molecule has 1 aromatic carbocycles. The molecule has 5 nitrogen and oxygen atoms in total. The normalized spacial score (nSPS) is 11.8. The molecule has 1 aromatic heterocycles. The second-order valence-corrected chi connectivity index (χ2v) is 5.54. The maximum Gasteiger partial charge on any atom is 0.270 e. The summed E-state index contributed by atoms with van der Waals surface area (Å²) in [5.74, 6) is 0.151. The Morgan fingerprint density at radius 3 is 2.82 bits per heavy atom. The van der Waals surface area contributed by atoms with E-state index in [1.807, 2.05) is 32.9 Å². The van der Waals surface area contributed by atoms with Gasteiger partial charge in [-0.1, -0.05) is 24.6 Å². The summed E-state index contributed by atoms with van der Waals surface area (Å²) < 4.78 is 0. The molecule has 0 aliphatic heterocycles. The first-order valence-electron chi connectivity index (χ1n) is 7.16. The number of carbonyl (C=O) groups excluding carboxylic acids is 1. The van der Waals surface area contributed by atoms with Gasteiger partial charge in [0.2, 0.25) is 5.95 Å². The minimum atomic E-state index is -0.207. The zero-order valence-electron chi connectivity index (χ0n) is 12.9. The van der Waals surface area contributed by atoms with Crippen molar-refractivity contribution < 1.29 is 4.79 Å². The number of hydrogen-bond acceptors (Lipinski definition) is 4. The van der Waals surface area contributed by atoms with Crippen molar-refractivity contribution in [1.82, 2.24) is 15.3 Å². The van der Waals surface area contributed by atoms with Crippen molar-refractivity contribution in [3.8, 4) is 0 Å². The average Bonchev–Trinajstić information content (AvgIpc) is 2.51. The van der Waals surface area contributed by atoms with Gasteiger partial charge in [0.1, 0.15) is 5.69 Å². The van der Waals surface area contributed by atoms with Crippen molar-refractivity contribution in [2.24, 2.45) is 0 Å². The number of halogens is 1. The lowest BCUT2D eigenvalue weighted by Gasteiger charge is -2.11. The number of rotatable bonds is 5. The molecule has 2 aromatic rings. The van der Waals surface area contributed by atoms with Crippen LogP contribution >= 0.6 is 11.6 Å². The summed E-state index contributed by atoms with van der Waals surface area (Å²) in [6.45, 7) is 5.90. The molecule has 0 fully saturated rings. The van der Waals surface area contributed by atoms with Crippen molar-refractivity contribution in [3.05, 3.63) is 46.7 Å². The van der Waals surface area contributed by atoms with Gasteiger partial charge in [-0.05, 0) is 44.0 Å². The smallest absolute Gasteiger partial charge is 0.270 e. The summed E-state index contributed by atoms with van der Waals surface area (Å²) in [6.07, 6.45) is 2.42. The van der Waals surface area contributed by atoms with Gasteiger partial charge in [-0.25, -0.2) is 9.97 Å². The van der Waals surface area contributed by atoms with Crippen LogP contribution in [0.25, 0.3) is 0 Å². The van der Waals surface area contributed by atoms with Crippen molar-refractivity contribution in [3.63, 3.8) is 0 Å². The zero-order chi connectivity index (χ0) is 16.1. The number of aromatic nitrogens is 2. The van der Waals surface area contributed by atoms with E-state index >= 15 is 0 Å². The van der Waals surface area contributed by atoms with E-state index in [-0.39, 0.29) is 11.9 Å². The molecule has 1 heterocycles. The van der Waals surface area contributed by atoms with Gasteiger partial charge >= 0.3 is 0 Å². The number of amides is 1. The Hall–Kier alpha value is -2.14. The minimum absolute atomic E-state index is 0.106. The lowest BCUT2D eigenvalue weighted by Crippen LogP contribution is -2.32. The van der Waals surface area contributed by atoms with E-state index in [1.54, 1.807) is 18.3 Å². The third kappa shape index (κ3) is 4.18. The summed E-state index contributed by atoms with van der Waals surface area (Å²) in [5, 5.41) is 6.59. The van der Waals surface area contributed by atoms with Crippen LogP contribution in [0.5, 0.6) is 0 Å². The molecule has 2 rings (SSSR count). The molecule has 0 saturated carbocycles. The molecule has 0 aliphatic carbocycles. The predicted octanol–water partition coefficient (Wildman–Crippen LogP) is 3.71. The molecule has 6 heteroatoms. The maximum absolute atomic E-state index is 12.1. The summed E-state index contributed by atoms with van der Waals surface area (Å²) in [6, 6.07) is 7.28. The molecule has 1 unspecified atom stereocenters. The highest BCUT2D eigenvalue weighted by Gasteiger charge is 2.11. The standard InChI is InChI=1S/C16H19ClN4O/c1-4-11(3)19-15(22)14-7-8-18-16(21-14)20-12-6-5-10(2)13(17)9-12/h5-9,11H,4H2,1-3H3,(H,19,22)(H,18,20,21). The number of hydrogen-bond donors (Lipinski definition) is 2. The van der Waals surface area contributed by atoms with Crippen molar-refractivity contribution in [2.45, 2.75) is 33.2 Å². The van der Waals surface area contributed by atoms with Gasteiger partial charge in [0, 0.05) is 22.9 Å². The van der Waals surface area contributed by atoms with E-state index < -0.39 is 0 Å². The number of carbonyl (C=O) groups is 1. The molecule has 0 saturated heterocycles. The highest BCUT2D eigenvalue weighted by atomic mass is 35.5. The van der Waals surface area contributed by atoms with Gasteiger partial charge < -0.3 is 10.6 Å². The molecular weight excluding hydrogens is 300 g/mol. The van der Waals surface area contributed by atoms with Crippen LogP contribution in [0.4, 0.5) is 11.6 Å². The first kappa shape index (κ1) is 16.2. The number of benzene rings is 1. The van der Waals surface area contributed by atoms with Crippen molar-refractivity contribution >= 4 is 29.1 Å². The third-order valence-corrected chi connectivity index (χ3v) is 3.71. The Balaban J connectivity index is 2.14. The first-order chi connectivity index (χ1) is 10.5. The van der Waals surface area contributed by atoms with Gasteiger partial charge in [-0.2, -0.15) is 0 Å². The summed E-state index contributed by atoms with van der Waals surface area (Å²) >= 11 is 6.09. The van der Waals surface area contributed by atoms with Crippen LogP contribution in [-0.4, -0.2) is 21.9 Å². The molecule has 22 heavy (non-hydrogen) atoms. The van der Waals surface area contributed by atoms with Gasteiger partial charge in [0.05, 0.1) is 0 Å². The van der Waals surface area contributed by atoms with Gasteiger partial charge in [0.15, 0.2) is 0 Å². The highest BCUT2D eigenvalue weighted by molar-refractivity contribution is 6.31. The van der Waals surface area contributed by atoms with Gasteiger partial charge in [-0.3, -0.25) is 4.79 Å². The lowest BCUT2D eigenvalue weighted by molar-refractivity contribution is 0.0934. The summed E-state index contributed by atoms with van der Waals surface area (Å²) in [7, 11) is 0. The van der Waals surface area contributed by atoms with E-state index in [2.05, 4.69) is 20.6 Å². The molecule has 0 bridgehead atoms. The molecule has 0 aliphatic rings. The number of anilines is 2. The van der Waals surface area contributed by atoms with E-state index in [4.69, 9.17) is 11.6 Å². The Kier molecular flexibility index (Phi) is 5.33. The van der Waals surface area contributed by atoms with Crippen LogP contribution in [0.2, 0.25) is 5.02 Å². The van der Waals surface area contributed by atoms with Crippen LogP contribution in [0, 0.1) is 6.92 Å². The molecule has 1 amide bonds. The second-order valence-electron chi connectivity index (χ2n) is 5.14. The molecule has 116 valence electrons. The quantitative estimate of drug-likeness (QED) is 0.882. The van der Waals surface area contributed by atoms with Crippen LogP contribution in [0.15, 0.2) is 30.5 Å². The van der Waals surface area contributed by atoms with Crippen molar-refractivity contribution in [1.29, 1.82) is 0 Å². The molecule has 2 N–H and O–H groups in total. The fourth-order valence-corrected chi connectivity index (χ4v) is 1.93. The Morgan fingerprint density at radius 1 is 1.36 bits per heavy atom. The predicted molar refractivity (Wildman–Crippen MR) is 88.7 cm³/mol. The van der Waals surface area contributed by atoms with E-state index in [0.29, 0.717) is 16.7 Å². The first-order valence-corrected chi connectivity index (χ1v) is 7.54. The fraction of sp³-hybridized carbons (Fsp3) is 0.312. The average molecular weight is 319 g/mol. The Labute approximate surface area is 135 Å². The molecule has 0 spiro atoms. The monoisotopic (exact) mass is 318 g/mol. The Bertz CT molecular complexity index is 675. The maximum atomic E-state index is 12.1. The molecular formula is C16H19ClN4O. The summed E-state index contributed by atoms with van der Waals surface area (Å²) in [5.41, 5.74) is 2.10. The number of aryl methyl sites for hydroxylation is 1. The van der Waals surface area contributed by atoms with Crippen LogP contribution in [0.1, 0.15) is 36.3 Å². The van der Waals surface area contributed by atoms with Gasteiger partial charge in [0.25, 0.3) is 5.91 Å². The zero-order valence-corrected chi connectivity index (χ0v) is 13.6. The SMILES string of the molecule is CCC(C)NC(=O)c1ccnc(Nc2ccc(C)c(Cl)c2)n1. The largest absolute Gasteiger partial charge is 0.348 e. The Morgan fingerprint density at radius 2 is 2.14 bits per heavy atom. The lowest BCUT2D eigenvalue weighted by atomic mass is 10.2. The van der Waals surface area contributed by atoms with E-state index in [0.717, 1.165) is 17.7 Å². The topological polar surface area (TPSA) is 66.9 Å². The van der Waals surface area contributed by atoms with Crippen LogP contribution in [0.3, 0.4) is 0 Å². The van der Waals surface area contributed by atoms with Crippen LogP contribution < -0.4 is 10.6 Å².